The first-order valence-corrected chi connectivity index (χ1v) is 13.5. The van der Waals surface area contributed by atoms with Crippen molar-refractivity contribution in [2.45, 2.75) is 69.4 Å². The number of hydrogen-bond acceptors (Lipinski definition) is 7. The van der Waals surface area contributed by atoms with Crippen LogP contribution in [0.25, 0.3) is 0 Å². The summed E-state index contributed by atoms with van der Waals surface area (Å²) in [6.45, 7) is 2.05. The van der Waals surface area contributed by atoms with Gasteiger partial charge in [-0.15, -0.1) is 0 Å². The molecule has 3 fully saturated rings. The lowest BCUT2D eigenvalue weighted by molar-refractivity contribution is -0.136. The van der Waals surface area contributed by atoms with Gasteiger partial charge in [0.2, 0.25) is 11.8 Å². The van der Waals surface area contributed by atoms with Crippen LogP contribution in [-0.4, -0.2) is 72.0 Å². The normalized spacial score (nSPS) is 26.0. The first kappa shape index (κ1) is 24.7. The first-order valence-electron chi connectivity index (χ1n) is 13.5. The fraction of sp³-hybridized carbons (Fsp3) is 0.483. The van der Waals surface area contributed by atoms with Crippen LogP contribution in [0.1, 0.15) is 54.4 Å². The van der Waals surface area contributed by atoms with E-state index >= 15 is 0 Å². The molecule has 0 bridgehead atoms. The van der Waals surface area contributed by atoms with Gasteiger partial charge in [0.25, 0.3) is 5.91 Å². The van der Waals surface area contributed by atoms with Crippen LogP contribution in [0, 0.1) is 0 Å². The maximum absolute atomic E-state index is 13.0. The van der Waals surface area contributed by atoms with Crippen LogP contribution in [0.3, 0.4) is 0 Å². The van der Waals surface area contributed by atoms with Gasteiger partial charge in [-0.1, -0.05) is 18.6 Å². The molecule has 2 aromatic rings. The van der Waals surface area contributed by atoms with Gasteiger partial charge in [-0.05, 0) is 61.6 Å². The highest BCUT2D eigenvalue weighted by atomic mass is 16.5. The van der Waals surface area contributed by atoms with Gasteiger partial charge >= 0.3 is 0 Å². The first-order chi connectivity index (χ1) is 18.5. The summed E-state index contributed by atoms with van der Waals surface area (Å²) in [5, 5.41) is 2.35. The standard InChI is InChI=1S/C29H33N3O6/c1-36-25-8-4-5-9-26(25)38-20-16-31(17-20)22-6-2-3-7-24(22)37-19-10-11-21-18(14-19)15-32(29(21)35)23-12-13-27(33)30-28(23)34/h4-5,8-11,14,20,22-24H,2-3,6-7,12-13,15-17H2,1H3,(H,30,33,34)/t22-,23?,24-/m0/s1. The Hall–Kier alpha value is -3.59. The predicted molar refractivity (Wildman–Crippen MR) is 138 cm³/mol. The third kappa shape index (κ3) is 4.71. The molecule has 38 heavy (non-hydrogen) atoms. The van der Waals surface area contributed by atoms with E-state index in [1.807, 2.05) is 36.4 Å². The van der Waals surface area contributed by atoms with Crippen molar-refractivity contribution in [2.75, 3.05) is 20.2 Å². The number of nitrogens with one attached hydrogen (secondary N) is 1. The third-order valence-corrected chi connectivity index (χ3v) is 8.16. The van der Waals surface area contributed by atoms with E-state index in [2.05, 4.69) is 10.2 Å². The third-order valence-electron chi connectivity index (χ3n) is 8.16. The van der Waals surface area contributed by atoms with Crippen LogP contribution in [0.15, 0.2) is 42.5 Å². The maximum Gasteiger partial charge on any atom is 0.255 e. The number of piperidine rings is 1. The number of nitrogens with zero attached hydrogens (tertiary/aromatic N) is 2. The molecular weight excluding hydrogens is 486 g/mol. The minimum atomic E-state index is -0.614. The van der Waals surface area contributed by atoms with Crippen LogP contribution < -0.4 is 19.5 Å². The lowest BCUT2D eigenvalue weighted by Gasteiger charge is -2.47. The molecule has 4 aliphatic rings. The van der Waals surface area contributed by atoms with Crippen molar-refractivity contribution in [3.05, 3.63) is 53.6 Å². The fourth-order valence-corrected chi connectivity index (χ4v) is 6.14. The Morgan fingerprint density at radius 1 is 0.921 bits per heavy atom. The Bertz CT molecular complexity index is 1240. The van der Waals surface area contributed by atoms with Gasteiger partial charge in [0.1, 0.15) is 24.0 Å². The topological polar surface area (TPSA) is 97.4 Å². The molecule has 9 nitrogen and oxygen atoms in total. The Morgan fingerprint density at radius 3 is 2.50 bits per heavy atom. The SMILES string of the molecule is COc1ccccc1OC1CN([C@H]2CCCC[C@@H]2Oc2ccc3c(c2)CN(C2CCC(=O)NC2=O)C3=O)C1. The molecule has 0 aromatic heterocycles. The zero-order valence-corrected chi connectivity index (χ0v) is 21.6. The minimum absolute atomic E-state index is 0.0670. The summed E-state index contributed by atoms with van der Waals surface area (Å²) in [7, 11) is 1.65. The molecule has 3 aliphatic heterocycles. The Kier molecular flexibility index (Phi) is 6.69. The van der Waals surface area contributed by atoms with E-state index in [1.165, 1.54) is 6.42 Å². The largest absolute Gasteiger partial charge is 0.493 e. The molecule has 3 atom stereocenters. The maximum atomic E-state index is 13.0. The number of imide groups is 1. The van der Waals surface area contributed by atoms with Crippen molar-refractivity contribution < 1.29 is 28.6 Å². The summed E-state index contributed by atoms with van der Waals surface area (Å²) in [5.74, 6) is 1.42. The average molecular weight is 520 g/mol. The van der Waals surface area contributed by atoms with Crippen molar-refractivity contribution in [3.63, 3.8) is 0 Å². The van der Waals surface area contributed by atoms with Crippen LogP contribution in [-0.2, 0) is 16.1 Å². The van der Waals surface area contributed by atoms with Crippen molar-refractivity contribution in [3.8, 4) is 17.2 Å². The van der Waals surface area contributed by atoms with Gasteiger partial charge in [0, 0.05) is 37.7 Å². The molecule has 9 heteroatoms. The Balaban J connectivity index is 1.09. The second kappa shape index (κ2) is 10.3. The van der Waals surface area contributed by atoms with Gasteiger partial charge in [0.05, 0.1) is 7.11 Å². The van der Waals surface area contributed by atoms with E-state index in [9.17, 15) is 14.4 Å². The van der Waals surface area contributed by atoms with E-state index in [0.717, 1.165) is 55.2 Å². The van der Waals surface area contributed by atoms with E-state index in [4.69, 9.17) is 14.2 Å². The summed E-state index contributed by atoms with van der Waals surface area (Å²) in [4.78, 5) is 40.9. The van der Waals surface area contributed by atoms with Gasteiger partial charge < -0.3 is 19.1 Å². The van der Waals surface area contributed by atoms with Crippen molar-refractivity contribution in [1.29, 1.82) is 0 Å². The number of rotatable bonds is 7. The molecular formula is C29H33N3O6. The number of likely N-dealkylation sites (tertiary alicyclic amines) is 1. The van der Waals surface area contributed by atoms with Crippen molar-refractivity contribution in [1.82, 2.24) is 15.1 Å². The predicted octanol–water partition coefficient (Wildman–Crippen LogP) is 2.91. The minimum Gasteiger partial charge on any atom is -0.493 e. The van der Waals surface area contributed by atoms with Crippen LogP contribution >= 0.6 is 0 Å². The summed E-state index contributed by atoms with van der Waals surface area (Å²) >= 11 is 0. The Labute approximate surface area is 222 Å². The smallest absolute Gasteiger partial charge is 0.255 e. The van der Waals surface area contributed by atoms with E-state index < -0.39 is 11.9 Å². The number of carbonyl (C=O) groups excluding carboxylic acids is 3. The number of benzene rings is 2. The summed E-state index contributed by atoms with van der Waals surface area (Å²) in [5.41, 5.74) is 1.46. The van der Waals surface area contributed by atoms with Gasteiger partial charge in [0.15, 0.2) is 11.5 Å². The number of methoxy groups -OCH3 is 1. The molecule has 1 N–H and O–H groups in total. The number of fused-ring (bicyclic) bond motifs is 1. The molecule has 200 valence electrons. The summed E-state index contributed by atoms with van der Waals surface area (Å²) in [6, 6.07) is 13.0. The highest BCUT2D eigenvalue weighted by molar-refractivity contribution is 6.05. The molecule has 0 radical (unpaired) electrons. The molecule has 1 saturated carbocycles. The lowest BCUT2D eigenvalue weighted by atomic mass is 9.89. The van der Waals surface area contributed by atoms with Gasteiger partial charge in [-0.3, -0.25) is 24.6 Å². The van der Waals surface area contributed by atoms with E-state index in [-0.39, 0.29) is 30.4 Å². The van der Waals surface area contributed by atoms with E-state index in [0.29, 0.717) is 24.6 Å². The number of carbonyl (C=O) groups is 3. The summed E-state index contributed by atoms with van der Waals surface area (Å²) in [6.07, 6.45) is 5.16. The number of ether oxygens (including phenoxy) is 3. The lowest BCUT2D eigenvalue weighted by Crippen LogP contribution is -2.62. The summed E-state index contributed by atoms with van der Waals surface area (Å²) < 4.78 is 18.1. The van der Waals surface area contributed by atoms with Gasteiger partial charge in [-0.2, -0.15) is 0 Å². The van der Waals surface area contributed by atoms with Gasteiger partial charge in [-0.25, -0.2) is 0 Å². The highest BCUT2D eigenvalue weighted by Crippen LogP contribution is 2.35. The fourth-order valence-electron chi connectivity index (χ4n) is 6.14. The molecule has 3 heterocycles. The quantitative estimate of drug-likeness (QED) is 0.562. The number of hydrogen-bond donors (Lipinski definition) is 1. The second-order valence-corrected chi connectivity index (χ2v) is 10.6. The highest BCUT2D eigenvalue weighted by Gasteiger charge is 2.41. The zero-order valence-electron chi connectivity index (χ0n) is 21.6. The molecule has 0 spiro atoms. The molecule has 2 aromatic carbocycles. The van der Waals surface area contributed by atoms with E-state index in [1.54, 1.807) is 18.1 Å². The second-order valence-electron chi connectivity index (χ2n) is 10.6. The molecule has 1 unspecified atom stereocenters. The number of para-hydroxylation sites is 2. The average Bonchev–Trinajstić information content (AvgIpc) is 3.22. The van der Waals surface area contributed by atoms with Crippen LogP contribution in [0.5, 0.6) is 17.2 Å². The van der Waals surface area contributed by atoms with Crippen LogP contribution in [0.2, 0.25) is 0 Å². The van der Waals surface area contributed by atoms with Crippen molar-refractivity contribution in [2.24, 2.45) is 0 Å². The molecule has 3 amide bonds. The van der Waals surface area contributed by atoms with Crippen LogP contribution in [0.4, 0.5) is 0 Å². The monoisotopic (exact) mass is 519 g/mol. The van der Waals surface area contributed by atoms with Crippen molar-refractivity contribution >= 4 is 17.7 Å². The Morgan fingerprint density at radius 2 is 1.71 bits per heavy atom. The molecule has 6 rings (SSSR count). The number of amides is 3. The zero-order chi connectivity index (χ0) is 26.2. The molecule has 2 saturated heterocycles. The molecule has 1 aliphatic carbocycles.